The van der Waals surface area contributed by atoms with Crippen LogP contribution in [-0.2, 0) is 4.79 Å². The minimum absolute atomic E-state index is 0.0619. The summed E-state index contributed by atoms with van der Waals surface area (Å²) in [4.78, 5) is 10.8. The molecule has 0 radical (unpaired) electrons. The third kappa shape index (κ3) is 4.03. The molecule has 0 bridgehead atoms. The molecule has 1 atom stereocenters. The van der Waals surface area contributed by atoms with Crippen LogP contribution in [0.1, 0.15) is 6.92 Å². The lowest BCUT2D eigenvalue weighted by molar-refractivity contribution is -0.122. The van der Waals surface area contributed by atoms with Crippen molar-refractivity contribution in [3.8, 4) is 0 Å². The van der Waals surface area contributed by atoms with E-state index in [2.05, 4.69) is 35.9 Å². The molecule has 0 aromatic carbocycles. The van der Waals surface area contributed by atoms with Crippen molar-refractivity contribution < 1.29 is 4.79 Å². The highest BCUT2D eigenvalue weighted by molar-refractivity contribution is 7.99. The minimum atomic E-state index is -0.257. The zero-order valence-corrected chi connectivity index (χ0v) is 7.75. The lowest BCUT2D eigenvalue weighted by Gasteiger charge is -2.13. The molecule has 0 aliphatic rings. The lowest BCUT2D eigenvalue weighted by Crippen LogP contribution is -2.42. The number of carbonyl (C=O) groups is 1. The fourth-order valence-electron chi connectivity index (χ4n) is 0.516. The molecule has 0 saturated heterocycles. The second-order valence-electron chi connectivity index (χ2n) is 1.88. The molecular weight excluding hydrogens is 168 g/mol. The molecule has 0 aromatic rings. The van der Waals surface area contributed by atoms with Gasteiger partial charge < -0.3 is 5.32 Å². The van der Waals surface area contributed by atoms with Crippen molar-refractivity contribution in [1.29, 1.82) is 0 Å². The molecule has 0 heterocycles. The molecule has 3 nitrogen and oxygen atoms in total. The molecule has 5 heteroatoms. The van der Waals surface area contributed by atoms with E-state index in [1.54, 1.807) is 14.0 Å². The lowest BCUT2D eigenvalue weighted by atomic mass is 10.3. The van der Waals surface area contributed by atoms with Crippen molar-refractivity contribution >= 4 is 31.2 Å². The first-order valence-electron chi connectivity index (χ1n) is 2.91. The van der Waals surface area contributed by atoms with E-state index < -0.39 is 0 Å². The van der Waals surface area contributed by atoms with E-state index in [-0.39, 0.29) is 16.7 Å². The second-order valence-corrected chi connectivity index (χ2v) is 3.32. The quantitative estimate of drug-likeness (QED) is 0.360. The van der Waals surface area contributed by atoms with Crippen LogP contribution in [0.25, 0.3) is 0 Å². The van der Waals surface area contributed by atoms with Gasteiger partial charge in [-0.25, -0.2) is 0 Å². The van der Waals surface area contributed by atoms with Gasteiger partial charge in [-0.3, -0.25) is 10.1 Å². The predicted molar refractivity (Wildman–Crippen MR) is 48.4 cm³/mol. The summed E-state index contributed by atoms with van der Waals surface area (Å²) in [5.41, 5.74) is 0. The van der Waals surface area contributed by atoms with Crippen LogP contribution in [0.4, 0.5) is 0 Å². The molecule has 0 spiro atoms. The topological polar surface area (TPSA) is 41.1 Å². The zero-order valence-electron chi connectivity index (χ0n) is 5.96. The van der Waals surface area contributed by atoms with Gasteiger partial charge in [-0.1, -0.05) is 0 Å². The molecule has 0 fully saturated rings. The summed E-state index contributed by atoms with van der Waals surface area (Å²) >= 11 is 7.89. The first-order valence-corrected chi connectivity index (χ1v) is 3.95. The van der Waals surface area contributed by atoms with Gasteiger partial charge in [0.15, 0.2) is 0 Å². The Morgan fingerprint density at radius 2 is 2.00 bits per heavy atom. The van der Waals surface area contributed by atoms with Gasteiger partial charge in [0.25, 0.3) is 0 Å². The van der Waals surface area contributed by atoms with Gasteiger partial charge in [-0.2, -0.15) is 0 Å². The highest BCUT2D eigenvalue weighted by Crippen LogP contribution is 1.96. The van der Waals surface area contributed by atoms with Gasteiger partial charge in [-0.05, 0) is 6.92 Å². The van der Waals surface area contributed by atoms with Crippen LogP contribution in [0.5, 0.6) is 0 Å². The number of rotatable bonds is 3. The Balaban J connectivity index is 3.61. The summed E-state index contributed by atoms with van der Waals surface area (Å²) in [6.07, 6.45) is 0. The normalized spacial score (nSPS) is 13.3. The van der Waals surface area contributed by atoms with E-state index >= 15 is 0 Å². The number of carbonyl (C=O) groups excluding carboxylic acids is 1. The van der Waals surface area contributed by atoms with Crippen LogP contribution < -0.4 is 10.6 Å². The van der Waals surface area contributed by atoms with Gasteiger partial charge in [0.05, 0.1) is 10.7 Å². The van der Waals surface area contributed by atoms with Crippen molar-refractivity contribution in [3.63, 3.8) is 0 Å². The first-order chi connectivity index (χ1) is 4.57. The molecule has 0 aromatic heterocycles. The molecule has 0 unspecified atom stereocenters. The molecule has 60 valence electrons. The number of hydrogen-bond donors (Lipinski definition) is 4. The number of thiol groups is 2. The SMILES string of the molecule is CNC(=O)[C@@H](C)NC(S)S. The zero-order chi connectivity index (χ0) is 8.15. The number of nitrogens with one attached hydrogen (secondary N) is 2. The van der Waals surface area contributed by atoms with Crippen molar-refractivity contribution in [2.24, 2.45) is 0 Å². The van der Waals surface area contributed by atoms with Crippen LogP contribution in [0.15, 0.2) is 0 Å². The van der Waals surface area contributed by atoms with Gasteiger partial charge in [0.2, 0.25) is 5.91 Å². The van der Waals surface area contributed by atoms with Crippen LogP contribution in [0.3, 0.4) is 0 Å². The maximum absolute atomic E-state index is 10.8. The Labute approximate surface area is 71.8 Å². The Morgan fingerprint density at radius 3 is 2.30 bits per heavy atom. The molecule has 0 saturated carbocycles. The average Bonchev–Trinajstić information content (AvgIpc) is 1.85. The molecule has 0 aliphatic heterocycles. The van der Waals surface area contributed by atoms with E-state index in [0.717, 1.165) is 0 Å². The monoisotopic (exact) mass is 180 g/mol. The van der Waals surface area contributed by atoms with Crippen LogP contribution in [0, 0.1) is 0 Å². The molecule has 1 amide bonds. The predicted octanol–water partition coefficient (Wildman–Crippen LogP) is -0.146. The van der Waals surface area contributed by atoms with Gasteiger partial charge in [-0.15, -0.1) is 25.3 Å². The largest absolute Gasteiger partial charge is 0.358 e. The maximum atomic E-state index is 10.8. The Hall–Kier alpha value is 0.130. The second kappa shape index (κ2) is 4.87. The van der Waals surface area contributed by atoms with Crippen molar-refractivity contribution in [2.45, 2.75) is 17.7 Å². The van der Waals surface area contributed by atoms with Gasteiger partial charge in [0, 0.05) is 7.05 Å². The molecule has 10 heavy (non-hydrogen) atoms. The van der Waals surface area contributed by atoms with Crippen LogP contribution in [0.2, 0.25) is 0 Å². The third-order valence-corrected chi connectivity index (χ3v) is 1.34. The summed E-state index contributed by atoms with van der Waals surface area (Å²) in [6.45, 7) is 1.75. The summed E-state index contributed by atoms with van der Waals surface area (Å²) in [5.74, 6) is -0.0619. The fraction of sp³-hybridized carbons (Fsp3) is 0.800. The van der Waals surface area contributed by atoms with Crippen molar-refractivity contribution in [3.05, 3.63) is 0 Å². The molecule has 2 N–H and O–H groups in total. The van der Waals surface area contributed by atoms with E-state index in [1.165, 1.54) is 0 Å². The van der Waals surface area contributed by atoms with Gasteiger partial charge >= 0.3 is 0 Å². The highest BCUT2D eigenvalue weighted by Gasteiger charge is 2.10. The average molecular weight is 180 g/mol. The summed E-state index contributed by atoms with van der Waals surface area (Å²) in [7, 11) is 1.59. The Bertz CT molecular complexity index is 118. The Kier molecular flexibility index (Phi) is 4.93. The maximum Gasteiger partial charge on any atom is 0.236 e. The molecule has 0 aliphatic carbocycles. The Morgan fingerprint density at radius 1 is 1.50 bits per heavy atom. The molecule has 0 rings (SSSR count). The minimum Gasteiger partial charge on any atom is -0.358 e. The third-order valence-electron chi connectivity index (χ3n) is 1.04. The number of hydrogen-bond acceptors (Lipinski definition) is 4. The van der Waals surface area contributed by atoms with E-state index in [4.69, 9.17) is 0 Å². The van der Waals surface area contributed by atoms with E-state index in [1.807, 2.05) is 0 Å². The van der Waals surface area contributed by atoms with Crippen LogP contribution in [-0.4, -0.2) is 23.7 Å². The standard InChI is InChI=1S/C5H12N2OS2/c1-3(4(8)6-2)7-5(9)10/h3,5,7,9-10H,1-2H3,(H,6,8)/t3-/m1/s1. The summed E-state index contributed by atoms with van der Waals surface area (Å²) < 4.78 is -0.257. The summed E-state index contributed by atoms with van der Waals surface area (Å²) in [5, 5.41) is 5.31. The number of likely N-dealkylation sites (N-methyl/N-ethyl adjacent to an activating group) is 1. The number of amides is 1. The smallest absolute Gasteiger partial charge is 0.236 e. The van der Waals surface area contributed by atoms with Crippen molar-refractivity contribution in [2.75, 3.05) is 7.05 Å². The summed E-state index contributed by atoms with van der Waals surface area (Å²) in [6, 6.07) is -0.245. The van der Waals surface area contributed by atoms with Crippen molar-refractivity contribution in [1.82, 2.24) is 10.6 Å². The van der Waals surface area contributed by atoms with Crippen LogP contribution >= 0.6 is 25.3 Å². The molecular formula is C5H12N2OS2. The van der Waals surface area contributed by atoms with E-state index in [0.29, 0.717) is 0 Å². The highest BCUT2D eigenvalue weighted by atomic mass is 32.2. The fourth-order valence-corrected chi connectivity index (χ4v) is 0.963. The van der Waals surface area contributed by atoms with E-state index in [9.17, 15) is 4.79 Å². The van der Waals surface area contributed by atoms with Gasteiger partial charge in [0.1, 0.15) is 0 Å². The first kappa shape index (κ1) is 10.1.